The lowest BCUT2D eigenvalue weighted by atomic mass is 10.1. The van der Waals surface area contributed by atoms with Crippen molar-refractivity contribution in [2.45, 2.75) is 58.9 Å². The zero-order valence-electron chi connectivity index (χ0n) is 26.4. The third-order valence-corrected chi connectivity index (χ3v) is 11.9. The van der Waals surface area contributed by atoms with E-state index in [1.807, 2.05) is 67.6 Å². The Bertz CT molecular complexity index is 2030. The number of carbonyl (C=O) groups is 1. The van der Waals surface area contributed by atoms with E-state index >= 15 is 0 Å². The number of aliphatic hydroxyl groups excluding tert-OH is 1. The van der Waals surface area contributed by atoms with E-state index in [-0.39, 0.29) is 29.0 Å². The van der Waals surface area contributed by atoms with Gasteiger partial charge in [0.2, 0.25) is 5.90 Å². The molecule has 5 aromatic rings. The molecular weight excluding hydrogens is 715 g/mol. The van der Waals surface area contributed by atoms with Crippen LogP contribution in [0.5, 0.6) is 0 Å². The minimum Gasteiger partial charge on any atom is -0.493 e. The van der Waals surface area contributed by atoms with Crippen LogP contribution in [0, 0.1) is 20.2 Å². The van der Waals surface area contributed by atoms with Gasteiger partial charge < -0.3 is 10.2 Å². The average Bonchev–Trinajstić information content (AvgIpc) is 3.11. The second kappa shape index (κ2) is 17.3. The van der Waals surface area contributed by atoms with E-state index in [0.717, 1.165) is 28.0 Å². The summed E-state index contributed by atoms with van der Waals surface area (Å²) in [7, 11) is 0. The minimum absolute atomic E-state index is 0.0113. The number of hydrogen-bond donors (Lipinski definition) is 2. The fraction of sp³-hybridized carbons (Fsp3) is 0.111. The monoisotopic (exact) mass is 743 g/mol. The van der Waals surface area contributed by atoms with Crippen LogP contribution in [0.1, 0.15) is 35.7 Å². The quantitative estimate of drug-likeness (QED) is 0.0346. The van der Waals surface area contributed by atoms with Crippen molar-refractivity contribution >= 4 is 70.3 Å². The number of nitro groups is 2. The number of aliphatic imine (C=N–C) groups is 1. The van der Waals surface area contributed by atoms with Crippen molar-refractivity contribution in [2.24, 2.45) is 4.99 Å². The third-order valence-electron chi connectivity index (χ3n) is 6.99. The summed E-state index contributed by atoms with van der Waals surface area (Å²) in [6.07, 6.45) is 1.46. The molecule has 14 heteroatoms. The van der Waals surface area contributed by atoms with Gasteiger partial charge in [-0.2, -0.15) is 0 Å². The first-order chi connectivity index (χ1) is 24.2. The molecule has 0 aromatic heterocycles. The van der Waals surface area contributed by atoms with Crippen LogP contribution in [0.25, 0.3) is 0 Å². The molecule has 0 aliphatic carbocycles. The molecule has 50 heavy (non-hydrogen) atoms. The minimum atomic E-state index is -1.31. The molecule has 0 bridgehead atoms. The Morgan fingerprint density at radius 1 is 0.600 bits per heavy atom. The summed E-state index contributed by atoms with van der Waals surface area (Å²) in [5.41, 5.74) is -0.384. The van der Waals surface area contributed by atoms with Crippen LogP contribution in [0.4, 0.5) is 11.4 Å². The molecule has 5 aromatic carbocycles. The van der Waals surface area contributed by atoms with Crippen molar-refractivity contribution in [3.05, 3.63) is 141 Å². The Hall–Kier alpha value is -4.76. The lowest BCUT2D eigenvalue weighted by Gasteiger charge is -2.24. The second-order valence-electron chi connectivity index (χ2n) is 10.5. The van der Waals surface area contributed by atoms with Crippen molar-refractivity contribution in [3.8, 4) is 0 Å². The molecule has 0 heterocycles. The number of aromatic carboxylic acids is 1. The number of carboxylic acid groups (broad SMARTS) is 1. The molecule has 0 radical (unpaired) electrons. The molecule has 2 N–H and O–H groups in total. The Labute approximate surface area is 304 Å². The topological polar surface area (TPSA) is 156 Å². The number of nitrogens with zero attached hydrogens (tertiary/aromatic N) is 3. The summed E-state index contributed by atoms with van der Waals surface area (Å²) in [5.74, 6) is -1.75. The maximum Gasteiger partial charge on any atom is 0.337 e. The molecular formula is C36H29N3O7S4. The summed E-state index contributed by atoms with van der Waals surface area (Å²) in [6, 6.07) is 30.7. The molecule has 10 nitrogen and oxygen atoms in total. The molecule has 0 saturated heterocycles. The van der Waals surface area contributed by atoms with Gasteiger partial charge in [-0.3, -0.25) is 25.2 Å². The molecule has 0 fully saturated rings. The van der Waals surface area contributed by atoms with Crippen LogP contribution in [0.3, 0.4) is 0 Å². The summed E-state index contributed by atoms with van der Waals surface area (Å²) in [6.45, 7) is 2.24. The van der Waals surface area contributed by atoms with Crippen molar-refractivity contribution in [1.29, 1.82) is 0 Å². The molecule has 0 spiro atoms. The van der Waals surface area contributed by atoms with Crippen LogP contribution in [0.15, 0.2) is 153 Å². The maximum atomic E-state index is 13.4. The van der Waals surface area contributed by atoms with Gasteiger partial charge in [0.15, 0.2) is 0 Å². The lowest BCUT2D eigenvalue weighted by Crippen LogP contribution is -2.15. The smallest absolute Gasteiger partial charge is 0.337 e. The Balaban J connectivity index is 1.87. The summed E-state index contributed by atoms with van der Waals surface area (Å²) < 4.78 is 0. The zero-order chi connectivity index (χ0) is 35.6. The Morgan fingerprint density at radius 3 is 1.36 bits per heavy atom. The van der Waals surface area contributed by atoms with Gasteiger partial charge in [-0.25, -0.2) is 4.79 Å². The lowest BCUT2D eigenvalue weighted by molar-refractivity contribution is -0.385. The van der Waals surface area contributed by atoms with Gasteiger partial charge in [0, 0.05) is 70.0 Å². The van der Waals surface area contributed by atoms with Crippen LogP contribution in [-0.4, -0.2) is 38.5 Å². The second-order valence-corrected chi connectivity index (χ2v) is 14.8. The van der Waals surface area contributed by atoms with E-state index in [1.165, 1.54) is 59.6 Å². The normalized spacial score (nSPS) is 11.3. The molecule has 0 aliphatic rings. The SMILES string of the molecule is CCCCN=C(O)c1c(Sc2ccc([N+](=O)[O-])cc2)c(Sc2ccccc2)c(Sc2ccccc2)c(Sc2ccc([N+](=O)[O-])cc2)c1C(=O)O. The summed E-state index contributed by atoms with van der Waals surface area (Å²) in [4.78, 5) is 44.4. The highest BCUT2D eigenvalue weighted by molar-refractivity contribution is 8.05. The average molecular weight is 744 g/mol. The molecule has 5 rings (SSSR count). The van der Waals surface area contributed by atoms with Gasteiger partial charge >= 0.3 is 5.97 Å². The Morgan fingerprint density at radius 2 is 0.980 bits per heavy atom. The number of nitro benzene ring substituents is 2. The van der Waals surface area contributed by atoms with Gasteiger partial charge in [-0.1, -0.05) is 96.8 Å². The molecule has 0 saturated carbocycles. The number of non-ortho nitro benzene ring substituents is 2. The summed E-state index contributed by atoms with van der Waals surface area (Å²) >= 11 is 5.05. The predicted octanol–water partition coefficient (Wildman–Crippen LogP) is 10.9. The first-order valence-electron chi connectivity index (χ1n) is 15.2. The van der Waals surface area contributed by atoms with E-state index in [2.05, 4.69) is 4.99 Å². The van der Waals surface area contributed by atoms with Crippen molar-refractivity contribution < 1.29 is 24.9 Å². The standard InChI is InChI=1S/C36H29N3O7S4/c1-2-3-22-37-35(40)29-30(36(41)42)32(48-28-20-16-24(17-21-28)39(45)46)34(50-26-12-8-5-9-13-26)33(49-25-10-6-4-7-11-25)31(29)47-27-18-14-23(15-19-27)38(43)44/h4-21H,2-3,22H2,1H3,(H,37,40)(H,41,42). The van der Waals surface area contributed by atoms with Crippen molar-refractivity contribution in [3.63, 3.8) is 0 Å². The number of aliphatic hydroxyl groups is 1. The van der Waals surface area contributed by atoms with Gasteiger partial charge in [0.05, 0.1) is 21.0 Å². The van der Waals surface area contributed by atoms with Gasteiger partial charge in [0.25, 0.3) is 11.4 Å². The van der Waals surface area contributed by atoms with Crippen LogP contribution in [0.2, 0.25) is 0 Å². The number of carboxylic acids is 1. The van der Waals surface area contributed by atoms with Crippen molar-refractivity contribution in [1.82, 2.24) is 0 Å². The Kier molecular flexibility index (Phi) is 12.6. The zero-order valence-corrected chi connectivity index (χ0v) is 29.7. The predicted molar refractivity (Wildman–Crippen MR) is 198 cm³/mol. The van der Waals surface area contributed by atoms with Crippen LogP contribution in [-0.2, 0) is 0 Å². The van der Waals surface area contributed by atoms with E-state index in [0.29, 0.717) is 35.8 Å². The van der Waals surface area contributed by atoms with Crippen molar-refractivity contribution in [2.75, 3.05) is 6.54 Å². The molecule has 0 amide bonds. The van der Waals surface area contributed by atoms with E-state index in [4.69, 9.17) is 0 Å². The van der Waals surface area contributed by atoms with E-state index < -0.39 is 21.7 Å². The van der Waals surface area contributed by atoms with Crippen LogP contribution >= 0.6 is 47.0 Å². The number of rotatable bonds is 15. The van der Waals surface area contributed by atoms with Gasteiger partial charge in [-0.15, -0.1) is 0 Å². The fourth-order valence-corrected chi connectivity index (χ4v) is 9.31. The number of unbranched alkanes of at least 4 members (excludes halogenated alkanes) is 1. The number of benzene rings is 5. The molecule has 0 atom stereocenters. The largest absolute Gasteiger partial charge is 0.493 e. The van der Waals surface area contributed by atoms with Gasteiger partial charge in [0.1, 0.15) is 0 Å². The van der Waals surface area contributed by atoms with E-state index in [1.54, 1.807) is 24.3 Å². The maximum absolute atomic E-state index is 13.4. The third kappa shape index (κ3) is 9.07. The highest BCUT2D eigenvalue weighted by atomic mass is 32.2. The fourth-order valence-electron chi connectivity index (χ4n) is 4.60. The molecule has 254 valence electrons. The van der Waals surface area contributed by atoms with Crippen LogP contribution < -0.4 is 0 Å². The number of hydrogen-bond acceptors (Lipinski definition) is 10. The molecule has 0 aliphatic heterocycles. The van der Waals surface area contributed by atoms with E-state index in [9.17, 15) is 35.2 Å². The first kappa shape index (κ1) is 36.5. The summed E-state index contributed by atoms with van der Waals surface area (Å²) in [5, 5.41) is 45.5. The highest BCUT2D eigenvalue weighted by Crippen LogP contribution is 2.54. The first-order valence-corrected chi connectivity index (χ1v) is 18.4. The molecule has 0 unspecified atom stereocenters. The highest BCUT2D eigenvalue weighted by Gasteiger charge is 2.32. The van der Waals surface area contributed by atoms with Gasteiger partial charge in [-0.05, 0) is 55.0 Å².